The van der Waals surface area contributed by atoms with Crippen molar-refractivity contribution >= 4 is 29.2 Å². The molecule has 1 heterocycles. The molecule has 1 saturated heterocycles. The van der Waals surface area contributed by atoms with E-state index in [-0.39, 0.29) is 31.6 Å². The molecule has 1 aromatic carbocycles. The monoisotopic (exact) mass is 297 g/mol. The molecule has 0 unspecified atom stereocenters. The number of carbonyl (C=O) groups excluding carboxylic acids is 2. The molecule has 7 heteroatoms. The van der Waals surface area contributed by atoms with Crippen LogP contribution in [0.15, 0.2) is 24.3 Å². The molecule has 1 aliphatic rings. The highest BCUT2D eigenvalue weighted by molar-refractivity contribution is 6.30. The molecule has 0 atom stereocenters. The van der Waals surface area contributed by atoms with Crippen LogP contribution in [-0.4, -0.2) is 54.7 Å². The summed E-state index contributed by atoms with van der Waals surface area (Å²) in [5.41, 5.74) is 0.723. The maximum absolute atomic E-state index is 12.2. The van der Waals surface area contributed by atoms with Gasteiger partial charge in [-0.1, -0.05) is 17.7 Å². The van der Waals surface area contributed by atoms with E-state index in [9.17, 15) is 9.59 Å². The van der Waals surface area contributed by atoms with E-state index in [1.165, 1.54) is 4.90 Å². The number of nitrogens with zero attached hydrogens (tertiary/aromatic N) is 2. The highest BCUT2D eigenvalue weighted by atomic mass is 35.5. The van der Waals surface area contributed by atoms with E-state index in [2.05, 4.69) is 5.32 Å². The third-order valence-electron chi connectivity index (χ3n) is 2.98. The Hall–Kier alpha value is -1.79. The molecule has 0 aromatic heterocycles. The number of hydrogen-bond donors (Lipinski definition) is 2. The van der Waals surface area contributed by atoms with Gasteiger partial charge in [0, 0.05) is 30.3 Å². The summed E-state index contributed by atoms with van der Waals surface area (Å²) in [6.45, 7) is 1.08. The van der Waals surface area contributed by atoms with Gasteiger partial charge in [0.25, 0.3) is 0 Å². The van der Waals surface area contributed by atoms with Crippen molar-refractivity contribution in [2.24, 2.45) is 0 Å². The van der Waals surface area contributed by atoms with Crippen LogP contribution < -0.4 is 10.2 Å². The molecule has 2 rings (SSSR count). The minimum Gasteiger partial charge on any atom is -0.395 e. The van der Waals surface area contributed by atoms with Crippen molar-refractivity contribution in [1.29, 1.82) is 0 Å². The van der Waals surface area contributed by atoms with Crippen molar-refractivity contribution in [2.75, 3.05) is 37.7 Å². The normalized spacial score (nSPS) is 14.8. The van der Waals surface area contributed by atoms with Crippen LogP contribution in [0, 0.1) is 0 Å². The van der Waals surface area contributed by atoms with E-state index in [0.717, 1.165) is 5.69 Å². The Labute approximate surface area is 121 Å². The van der Waals surface area contributed by atoms with Crippen LogP contribution in [0.2, 0.25) is 5.02 Å². The first-order chi connectivity index (χ1) is 9.61. The number of hydrogen-bond acceptors (Lipinski definition) is 3. The molecule has 20 heavy (non-hydrogen) atoms. The maximum atomic E-state index is 12.2. The summed E-state index contributed by atoms with van der Waals surface area (Å²) >= 11 is 5.91. The molecule has 2 N–H and O–H groups in total. The quantitative estimate of drug-likeness (QED) is 0.840. The Kier molecular flexibility index (Phi) is 4.81. The number of halogens is 1. The molecule has 0 radical (unpaired) electrons. The van der Waals surface area contributed by atoms with Crippen molar-refractivity contribution in [3.63, 3.8) is 0 Å². The van der Waals surface area contributed by atoms with Gasteiger partial charge in [-0.05, 0) is 18.2 Å². The van der Waals surface area contributed by atoms with Gasteiger partial charge in [0.05, 0.1) is 6.61 Å². The van der Waals surface area contributed by atoms with Crippen molar-refractivity contribution in [1.82, 2.24) is 10.2 Å². The fraction of sp³-hybridized carbons (Fsp3) is 0.385. The number of amides is 3. The number of anilines is 1. The number of benzene rings is 1. The van der Waals surface area contributed by atoms with E-state index >= 15 is 0 Å². The summed E-state index contributed by atoms with van der Waals surface area (Å²) in [6, 6.07) is 6.83. The molecular formula is C13H16ClN3O3. The average Bonchev–Trinajstić information content (AvgIpc) is 2.78. The zero-order valence-corrected chi connectivity index (χ0v) is 11.6. The molecule has 0 bridgehead atoms. The first-order valence-electron chi connectivity index (χ1n) is 6.31. The van der Waals surface area contributed by atoms with Crippen LogP contribution in [0.3, 0.4) is 0 Å². The maximum Gasteiger partial charge on any atom is 0.325 e. The lowest BCUT2D eigenvalue weighted by Crippen LogP contribution is -2.40. The van der Waals surface area contributed by atoms with Crippen LogP contribution >= 0.6 is 11.6 Å². The predicted octanol–water partition coefficient (Wildman–Crippen LogP) is 0.690. The minimum absolute atomic E-state index is 0.00407. The number of rotatable bonds is 5. The second kappa shape index (κ2) is 6.58. The topological polar surface area (TPSA) is 72.9 Å². The zero-order valence-electron chi connectivity index (χ0n) is 10.9. The lowest BCUT2D eigenvalue weighted by atomic mass is 10.3. The molecular weight excluding hydrogens is 282 g/mol. The number of carbonyl (C=O) groups is 2. The second-order valence-corrected chi connectivity index (χ2v) is 4.85. The van der Waals surface area contributed by atoms with Gasteiger partial charge < -0.3 is 15.3 Å². The van der Waals surface area contributed by atoms with E-state index in [1.54, 1.807) is 29.2 Å². The highest BCUT2D eigenvalue weighted by Gasteiger charge is 2.30. The van der Waals surface area contributed by atoms with Gasteiger partial charge >= 0.3 is 6.03 Å². The van der Waals surface area contributed by atoms with E-state index in [4.69, 9.17) is 16.7 Å². The van der Waals surface area contributed by atoms with Crippen LogP contribution in [-0.2, 0) is 4.79 Å². The Balaban J connectivity index is 1.97. The van der Waals surface area contributed by atoms with Gasteiger partial charge in [-0.15, -0.1) is 0 Å². The predicted molar refractivity (Wildman–Crippen MR) is 75.9 cm³/mol. The number of aliphatic hydroxyl groups is 1. The second-order valence-electron chi connectivity index (χ2n) is 4.41. The smallest absolute Gasteiger partial charge is 0.325 e. The van der Waals surface area contributed by atoms with Gasteiger partial charge in [0.1, 0.15) is 6.54 Å². The Morgan fingerprint density at radius 2 is 2.20 bits per heavy atom. The SMILES string of the molecule is O=C(CN1CCN(c2cccc(Cl)c2)C1=O)NCCO. The summed E-state index contributed by atoms with van der Waals surface area (Å²) < 4.78 is 0. The molecule has 1 fully saturated rings. The Morgan fingerprint density at radius 3 is 2.90 bits per heavy atom. The highest BCUT2D eigenvalue weighted by Crippen LogP contribution is 2.23. The summed E-state index contributed by atoms with van der Waals surface area (Å²) in [4.78, 5) is 26.8. The minimum atomic E-state index is -0.277. The van der Waals surface area contributed by atoms with Gasteiger partial charge in [0.2, 0.25) is 5.91 Å². The Bertz CT molecular complexity index is 509. The molecule has 1 aliphatic heterocycles. The lowest BCUT2D eigenvalue weighted by Gasteiger charge is -2.18. The van der Waals surface area contributed by atoms with E-state index < -0.39 is 0 Å². The summed E-state index contributed by atoms with van der Waals surface area (Å²) in [5, 5.41) is 11.7. The summed E-state index contributed by atoms with van der Waals surface area (Å²) in [6.07, 6.45) is 0. The largest absolute Gasteiger partial charge is 0.395 e. The third-order valence-corrected chi connectivity index (χ3v) is 3.22. The van der Waals surface area contributed by atoms with E-state index in [0.29, 0.717) is 18.1 Å². The van der Waals surface area contributed by atoms with E-state index in [1.807, 2.05) is 0 Å². The molecule has 0 spiro atoms. The van der Waals surface area contributed by atoms with Crippen molar-refractivity contribution in [3.05, 3.63) is 29.3 Å². The number of nitrogens with one attached hydrogen (secondary N) is 1. The Morgan fingerprint density at radius 1 is 1.40 bits per heavy atom. The number of aliphatic hydroxyl groups excluding tert-OH is 1. The molecule has 108 valence electrons. The first kappa shape index (κ1) is 14.6. The third kappa shape index (κ3) is 3.40. The van der Waals surface area contributed by atoms with Crippen LogP contribution in [0.1, 0.15) is 0 Å². The summed E-state index contributed by atoms with van der Waals surface area (Å²) in [5.74, 6) is -0.277. The van der Waals surface area contributed by atoms with Gasteiger partial charge in [-0.2, -0.15) is 0 Å². The lowest BCUT2D eigenvalue weighted by molar-refractivity contribution is -0.121. The van der Waals surface area contributed by atoms with Crippen molar-refractivity contribution in [3.8, 4) is 0 Å². The molecule has 6 nitrogen and oxygen atoms in total. The van der Waals surface area contributed by atoms with Crippen LogP contribution in [0.4, 0.5) is 10.5 Å². The average molecular weight is 298 g/mol. The fourth-order valence-corrected chi connectivity index (χ4v) is 2.22. The van der Waals surface area contributed by atoms with Crippen LogP contribution in [0.5, 0.6) is 0 Å². The van der Waals surface area contributed by atoms with Gasteiger partial charge in [-0.3, -0.25) is 9.69 Å². The molecule has 1 aromatic rings. The van der Waals surface area contributed by atoms with Crippen molar-refractivity contribution in [2.45, 2.75) is 0 Å². The summed E-state index contributed by atoms with van der Waals surface area (Å²) in [7, 11) is 0. The molecule has 3 amide bonds. The molecule has 0 saturated carbocycles. The fourth-order valence-electron chi connectivity index (χ4n) is 2.04. The van der Waals surface area contributed by atoms with Crippen molar-refractivity contribution < 1.29 is 14.7 Å². The van der Waals surface area contributed by atoms with Gasteiger partial charge in [0.15, 0.2) is 0 Å². The molecule has 0 aliphatic carbocycles. The number of urea groups is 1. The van der Waals surface area contributed by atoms with Crippen LogP contribution in [0.25, 0.3) is 0 Å². The zero-order chi connectivity index (χ0) is 14.5. The standard InChI is InChI=1S/C13H16ClN3O3/c14-10-2-1-3-11(8-10)17-6-5-16(13(17)20)9-12(19)15-4-7-18/h1-3,8,18H,4-7,9H2,(H,15,19). The first-order valence-corrected chi connectivity index (χ1v) is 6.69. The van der Waals surface area contributed by atoms with Gasteiger partial charge in [-0.25, -0.2) is 4.79 Å².